The Balaban J connectivity index is 2.26. The zero-order valence-corrected chi connectivity index (χ0v) is 10.7. The highest BCUT2D eigenvalue weighted by atomic mass is 16.4. The van der Waals surface area contributed by atoms with E-state index in [1.165, 1.54) is 35.3 Å². The molecule has 3 rings (SSSR count). The van der Waals surface area contributed by atoms with Crippen molar-refractivity contribution in [2.75, 3.05) is 0 Å². The second-order valence-electron chi connectivity index (χ2n) is 4.51. The van der Waals surface area contributed by atoms with E-state index in [2.05, 4.69) is 4.98 Å². The molecule has 0 aliphatic heterocycles. The third kappa shape index (κ3) is 2.25. The van der Waals surface area contributed by atoms with E-state index in [1.54, 1.807) is 6.07 Å². The Morgan fingerprint density at radius 3 is 2.76 bits per heavy atom. The molecule has 0 radical (unpaired) electrons. The number of benzene rings is 1. The molecule has 0 fully saturated rings. The summed E-state index contributed by atoms with van der Waals surface area (Å²) in [6.07, 6.45) is 2.95. The number of furan rings is 1. The van der Waals surface area contributed by atoms with Gasteiger partial charge in [-0.25, -0.2) is 4.79 Å². The topological polar surface area (TPSA) is 105 Å². The van der Waals surface area contributed by atoms with E-state index in [0.29, 0.717) is 11.0 Å². The summed E-state index contributed by atoms with van der Waals surface area (Å²) in [4.78, 5) is 37.1. The largest absolute Gasteiger partial charge is 0.478 e. The summed E-state index contributed by atoms with van der Waals surface area (Å²) in [6, 6.07) is 5.89. The van der Waals surface area contributed by atoms with Crippen molar-refractivity contribution < 1.29 is 14.3 Å². The lowest BCUT2D eigenvalue weighted by molar-refractivity contribution is 0.0697. The Morgan fingerprint density at radius 2 is 2.10 bits per heavy atom. The SMILES string of the molecule is O=C(O)c1ccc2c(c1)[nH]c(=O)c(=O)n2Cc1ccoc1. The van der Waals surface area contributed by atoms with Gasteiger partial charge in [-0.15, -0.1) is 0 Å². The van der Waals surface area contributed by atoms with Crippen molar-refractivity contribution in [3.05, 3.63) is 68.6 Å². The highest BCUT2D eigenvalue weighted by Gasteiger charge is 2.11. The fourth-order valence-corrected chi connectivity index (χ4v) is 2.13. The van der Waals surface area contributed by atoms with Crippen LogP contribution in [0.5, 0.6) is 0 Å². The third-order valence-electron chi connectivity index (χ3n) is 3.14. The van der Waals surface area contributed by atoms with E-state index >= 15 is 0 Å². The van der Waals surface area contributed by atoms with Crippen LogP contribution < -0.4 is 11.1 Å². The molecule has 0 atom stereocenters. The molecular weight excluding hydrogens is 276 g/mol. The molecule has 0 aliphatic rings. The fourth-order valence-electron chi connectivity index (χ4n) is 2.13. The summed E-state index contributed by atoms with van der Waals surface area (Å²) >= 11 is 0. The second-order valence-corrected chi connectivity index (χ2v) is 4.51. The number of nitrogens with zero attached hydrogens (tertiary/aromatic N) is 1. The molecule has 3 aromatic rings. The van der Waals surface area contributed by atoms with Gasteiger partial charge in [-0.3, -0.25) is 14.2 Å². The number of aromatic amines is 1. The van der Waals surface area contributed by atoms with Crippen molar-refractivity contribution in [2.24, 2.45) is 0 Å². The zero-order chi connectivity index (χ0) is 15.0. The predicted octanol–water partition coefficient (Wildman–Crippen LogP) is 1.03. The van der Waals surface area contributed by atoms with Crippen molar-refractivity contribution in [1.29, 1.82) is 0 Å². The number of aromatic nitrogens is 2. The molecule has 0 bridgehead atoms. The zero-order valence-electron chi connectivity index (χ0n) is 10.7. The summed E-state index contributed by atoms with van der Waals surface area (Å²) in [5, 5.41) is 8.97. The van der Waals surface area contributed by atoms with Gasteiger partial charge in [0.15, 0.2) is 0 Å². The molecule has 1 aromatic carbocycles. The third-order valence-corrected chi connectivity index (χ3v) is 3.14. The summed E-state index contributed by atoms with van der Waals surface area (Å²) in [5.41, 5.74) is 0.00655. The van der Waals surface area contributed by atoms with Gasteiger partial charge < -0.3 is 14.5 Å². The van der Waals surface area contributed by atoms with Crippen LogP contribution in [-0.2, 0) is 6.54 Å². The second kappa shape index (κ2) is 4.78. The molecule has 0 spiro atoms. The average molecular weight is 286 g/mol. The van der Waals surface area contributed by atoms with Gasteiger partial charge in [0.2, 0.25) is 0 Å². The Labute approximate surface area is 117 Å². The number of hydrogen-bond acceptors (Lipinski definition) is 4. The van der Waals surface area contributed by atoms with Crippen LogP contribution in [0.1, 0.15) is 15.9 Å². The van der Waals surface area contributed by atoms with Gasteiger partial charge in [0.1, 0.15) is 0 Å². The fraction of sp³-hybridized carbons (Fsp3) is 0.0714. The minimum atomic E-state index is -1.11. The van der Waals surface area contributed by atoms with Crippen LogP contribution in [0.25, 0.3) is 11.0 Å². The van der Waals surface area contributed by atoms with Crippen molar-refractivity contribution in [3.63, 3.8) is 0 Å². The molecule has 2 N–H and O–H groups in total. The van der Waals surface area contributed by atoms with Crippen LogP contribution >= 0.6 is 0 Å². The summed E-state index contributed by atoms with van der Waals surface area (Å²) in [7, 11) is 0. The standard InChI is InChI=1S/C14H10N2O5/c17-12-13(18)16(6-8-3-4-21-7-8)11-2-1-9(14(19)20)5-10(11)15-12/h1-5,7H,6H2,(H,15,17)(H,19,20). The first-order chi connectivity index (χ1) is 10.1. The number of H-pyrrole nitrogens is 1. The van der Waals surface area contributed by atoms with Crippen molar-refractivity contribution in [1.82, 2.24) is 9.55 Å². The van der Waals surface area contributed by atoms with E-state index < -0.39 is 17.1 Å². The van der Waals surface area contributed by atoms with E-state index in [9.17, 15) is 14.4 Å². The molecule has 0 amide bonds. The minimum absolute atomic E-state index is 0.0339. The van der Waals surface area contributed by atoms with Crippen LogP contribution in [-0.4, -0.2) is 20.6 Å². The number of aromatic carboxylic acids is 1. The lowest BCUT2D eigenvalue weighted by atomic mass is 10.2. The lowest BCUT2D eigenvalue weighted by Gasteiger charge is -2.08. The molecule has 7 heteroatoms. The smallest absolute Gasteiger partial charge is 0.335 e. The maximum Gasteiger partial charge on any atom is 0.335 e. The Hall–Kier alpha value is -3.09. The summed E-state index contributed by atoms with van der Waals surface area (Å²) in [5.74, 6) is -1.11. The highest BCUT2D eigenvalue weighted by Crippen LogP contribution is 2.13. The molecule has 106 valence electrons. The number of fused-ring (bicyclic) bond motifs is 1. The molecule has 0 saturated carbocycles. The number of carboxylic acids is 1. The molecule has 2 aromatic heterocycles. The Bertz CT molecular complexity index is 934. The van der Waals surface area contributed by atoms with Crippen LogP contribution in [0.15, 0.2) is 50.8 Å². The first-order valence-corrected chi connectivity index (χ1v) is 6.07. The molecule has 7 nitrogen and oxygen atoms in total. The van der Waals surface area contributed by atoms with Crippen LogP contribution in [0.2, 0.25) is 0 Å². The van der Waals surface area contributed by atoms with Crippen LogP contribution in [0.4, 0.5) is 0 Å². The van der Waals surface area contributed by atoms with Gasteiger partial charge in [-0.2, -0.15) is 0 Å². The summed E-state index contributed by atoms with van der Waals surface area (Å²) < 4.78 is 6.22. The molecule has 0 unspecified atom stereocenters. The molecule has 0 aliphatic carbocycles. The predicted molar refractivity (Wildman–Crippen MR) is 73.6 cm³/mol. The van der Waals surface area contributed by atoms with E-state index in [0.717, 1.165) is 5.56 Å². The van der Waals surface area contributed by atoms with Gasteiger partial charge in [0, 0.05) is 5.56 Å². The van der Waals surface area contributed by atoms with Crippen molar-refractivity contribution in [2.45, 2.75) is 6.54 Å². The van der Waals surface area contributed by atoms with E-state index in [1.807, 2.05) is 0 Å². The average Bonchev–Trinajstić information content (AvgIpc) is 2.96. The first kappa shape index (κ1) is 12.9. The minimum Gasteiger partial charge on any atom is -0.478 e. The van der Waals surface area contributed by atoms with Gasteiger partial charge in [0.25, 0.3) is 0 Å². The molecule has 2 heterocycles. The van der Waals surface area contributed by atoms with Crippen LogP contribution in [0, 0.1) is 0 Å². The number of carboxylic acid groups (broad SMARTS) is 1. The van der Waals surface area contributed by atoms with E-state index in [-0.39, 0.29) is 12.1 Å². The lowest BCUT2D eigenvalue weighted by Crippen LogP contribution is -2.36. The van der Waals surface area contributed by atoms with Gasteiger partial charge >= 0.3 is 17.1 Å². The van der Waals surface area contributed by atoms with Crippen LogP contribution in [0.3, 0.4) is 0 Å². The van der Waals surface area contributed by atoms with Crippen molar-refractivity contribution >= 4 is 17.0 Å². The van der Waals surface area contributed by atoms with Gasteiger partial charge in [0.05, 0.1) is 35.7 Å². The first-order valence-electron chi connectivity index (χ1n) is 6.07. The Morgan fingerprint density at radius 1 is 1.29 bits per heavy atom. The number of nitrogens with one attached hydrogen (secondary N) is 1. The molecule has 0 saturated heterocycles. The molecule has 21 heavy (non-hydrogen) atoms. The summed E-state index contributed by atoms with van der Waals surface area (Å²) in [6.45, 7) is 0.169. The normalized spacial score (nSPS) is 10.9. The number of rotatable bonds is 3. The highest BCUT2D eigenvalue weighted by molar-refractivity contribution is 5.92. The Kier molecular flexibility index (Phi) is 2.94. The molecular formula is C14H10N2O5. The maximum absolute atomic E-state index is 12.0. The van der Waals surface area contributed by atoms with E-state index in [4.69, 9.17) is 9.52 Å². The number of carbonyl (C=O) groups is 1. The monoisotopic (exact) mass is 286 g/mol. The van der Waals surface area contributed by atoms with Gasteiger partial charge in [-0.1, -0.05) is 0 Å². The number of hydrogen-bond donors (Lipinski definition) is 2. The quantitative estimate of drug-likeness (QED) is 0.699. The van der Waals surface area contributed by atoms with Crippen molar-refractivity contribution in [3.8, 4) is 0 Å². The van der Waals surface area contributed by atoms with Gasteiger partial charge in [-0.05, 0) is 24.3 Å². The maximum atomic E-state index is 12.0.